The summed E-state index contributed by atoms with van der Waals surface area (Å²) in [6.07, 6.45) is 2.11. The molecule has 3 aliphatic carbocycles. The van der Waals surface area contributed by atoms with Crippen LogP contribution in [0.3, 0.4) is 0 Å². The molecule has 0 amide bonds. The fraction of sp³-hybridized carbons (Fsp3) is 0.556. The highest BCUT2D eigenvalue weighted by Gasteiger charge is 2.63. The van der Waals surface area contributed by atoms with E-state index in [1.54, 1.807) is 0 Å². The van der Waals surface area contributed by atoms with E-state index in [1.807, 2.05) is 12.1 Å². The third-order valence-corrected chi connectivity index (χ3v) is 6.04. The first kappa shape index (κ1) is 13.1. The Hall–Kier alpha value is -1.64. The molecule has 5 rings (SSSR count). The standard InChI is InChI=1S/C18H20O3/c1-3-9-10(4-2)14-12-8-6-5-7-11(12)13(9)15-16(14)18(20)21-17(15)19/h5-10,13-16H,3-4H2,1-2H3/t9-,10+,13-,14-,15-,16+/m0/s1. The summed E-state index contributed by atoms with van der Waals surface area (Å²) in [5.74, 6) is 0.208. The van der Waals surface area contributed by atoms with Gasteiger partial charge < -0.3 is 4.74 Å². The van der Waals surface area contributed by atoms with Gasteiger partial charge in [-0.1, -0.05) is 51.0 Å². The van der Waals surface area contributed by atoms with Gasteiger partial charge in [0.15, 0.2) is 0 Å². The molecular weight excluding hydrogens is 264 g/mol. The highest BCUT2D eigenvalue weighted by molar-refractivity contribution is 5.98. The molecular formula is C18H20O3. The molecule has 0 radical (unpaired) electrons. The topological polar surface area (TPSA) is 43.4 Å². The van der Waals surface area contributed by atoms with Gasteiger partial charge in [0.05, 0.1) is 11.8 Å². The molecule has 1 aromatic rings. The average molecular weight is 284 g/mol. The van der Waals surface area contributed by atoms with Crippen LogP contribution in [0.5, 0.6) is 0 Å². The summed E-state index contributed by atoms with van der Waals surface area (Å²) >= 11 is 0. The first-order valence-corrected chi connectivity index (χ1v) is 8.03. The van der Waals surface area contributed by atoms with E-state index in [0.29, 0.717) is 11.8 Å². The van der Waals surface area contributed by atoms with E-state index in [1.165, 1.54) is 11.1 Å². The van der Waals surface area contributed by atoms with Gasteiger partial charge in [0.2, 0.25) is 0 Å². The Balaban J connectivity index is 1.95. The molecule has 3 nitrogen and oxygen atoms in total. The van der Waals surface area contributed by atoms with Gasteiger partial charge in [-0.25, -0.2) is 0 Å². The van der Waals surface area contributed by atoms with Crippen LogP contribution in [0.1, 0.15) is 49.7 Å². The van der Waals surface area contributed by atoms with E-state index in [9.17, 15) is 9.59 Å². The second-order valence-electron chi connectivity index (χ2n) is 6.62. The summed E-state index contributed by atoms with van der Waals surface area (Å²) in [7, 11) is 0. The number of hydrogen-bond donors (Lipinski definition) is 0. The van der Waals surface area contributed by atoms with Crippen LogP contribution in [0.4, 0.5) is 0 Å². The molecule has 110 valence electrons. The molecule has 4 aliphatic rings. The zero-order valence-corrected chi connectivity index (χ0v) is 12.4. The third kappa shape index (κ3) is 1.49. The lowest BCUT2D eigenvalue weighted by Crippen LogP contribution is -2.49. The second-order valence-corrected chi connectivity index (χ2v) is 6.62. The minimum absolute atomic E-state index is 0.157. The average Bonchev–Trinajstić information content (AvgIpc) is 2.82. The van der Waals surface area contributed by atoms with E-state index in [-0.39, 0.29) is 35.6 Å². The Morgan fingerprint density at radius 1 is 0.810 bits per heavy atom. The summed E-state index contributed by atoms with van der Waals surface area (Å²) in [5, 5.41) is 0. The lowest BCUT2D eigenvalue weighted by molar-refractivity contribution is -0.153. The molecule has 1 saturated carbocycles. The molecule has 1 heterocycles. The van der Waals surface area contributed by atoms with Crippen molar-refractivity contribution in [3.05, 3.63) is 35.4 Å². The van der Waals surface area contributed by atoms with E-state index < -0.39 is 0 Å². The van der Waals surface area contributed by atoms with Gasteiger partial charge in [-0.2, -0.15) is 0 Å². The van der Waals surface area contributed by atoms with E-state index in [4.69, 9.17) is 4.74 Å². The normalized spacial score (nSPS) is 39.9. The molecule has 3 heteroatoms. The van der Waals surface area contributed by atoms with Crippen LogP contribution < -0.4 is 0 Å². The van der Waals surface area contributed by atoms with Crippen LogP contribution in [0.2, 0.25) is 0 Å². The number of ether oxygens (including phenoxy) is 1. The van der Waals surface area contributed by atoms with E-state index in [0.717, 1.165) is 12.8 Å². The highest BCUT2D eigenvalue weighted by atomic mass is 16.6. The number of carbonyl (C=O) groups is 2. The van der Waals surface area contributed by atoms with Crippen molar-refractivity contribution in [2.24, 2.45) is 23.7 Å². The molecule has 2 bridgehead atoms. The predicted molar refractivity (Wildman–Crippen MR) is 77.6 cm³/mol. The van der Waals surface area contributed by atoms with Crippen LogP contribution in [-0.2, 0) is 14.3 Å². The predicted octanol–water partition coefficient (Wildman–Crippen LogP) is 3.25. The van der Waals surface area contributed by atoms with Crippen molar-refractivity contribution in [3.8, 4) is 0 Å². The molecule has 6 atom stereocenters. The quantitative estimate of drug-likeness (QED) is 0.618. The molecule has 1 aromatic carbocycles. The van der Waals surface area contributed by atoms with Gasteiger partial charge in [0.25, 0.3) is 0 Å². The lowest BCUT2D eigenvalue weighted by Gasteiger charge is -2.53. The first-order valence-electron chi connectivity index (χ1n) is 8.03. The minimum atomic E-state index is -0.289. The number of benzene rings is 1. The van der Waals surface area contributed by atoms with Crippen molar-refractivity contribution in [3.63, 3.8) is 0 Å². The Morgan fingerprint density at radius 3 is 1.62 bits per heavy atom. The maximum Gasteiger partial charge on any atom is 0.318 e. The number of fused-ring (bicyclic) bond motifs is 1. The lowest BCUT2D eigenvalue weighted by atomic mass is 9.48. The SMILES string of the molecule is CC[C@@H]1[C@H](CC)[C@H]2c3ccccc3[C@H]1[C@H]1C(=O)OC(=O)[C@H]12. The molecule has 0 N–H and O–H groups in total. The fourth-order valence-electron chi connectivity index (χ4n) is 5.41. The van der Waals surface area contributed by atoms with Crippen molar-refractivity contribution in [1.29, 1.82) is 0 Å². The summed E-state index contributed by atoms with van der Waals surface area (Å²) in [5.41, 5.74) is 2.57. The van der Waals surface area contributed by atoms with Crippen LogP contribution in [0, 0.1) is 23.7 Å². The van der Waals surface area contributed by atoms with Crippen molar-refractivity contribution in [2.75, 3.05) is 0 Å². The zero-order valence-electron chi connectivity index (χ0n) is 12.4. The zero-order chi connectivity index (χ0) is 14.7. The van der Waals surface area contributed by atoms with Crippen LogP contribution >= 0.6 is 0 Å². The number of cyclic esters (lactones) is 2. The molecule has 0 unspecified atom stereocenters. The first-order chi connectivity index (χ1) is 10.2. The number of carbonyl (C=O) groups excluding carboxylic acids is 2. The molecule has 1 aliphatic heterocycles. The van der Waals surface area contributed by atoms with Crippen LogP contribution in [-0.4, -0.2) is 11.9 Å². The van der Waals surface area contributed by atoms with Crippen molar-refractivity contribution in [2.45, 2.75) is 38.5 Å². The van der Waals surface area contributed by atoms with Gasteiger partial charge in [-0.3, -0.25) is 9.59 Å². The minimum Gasteiger partial charge on any atom is -0.393 e. The maximum atomic E-state index is 12.2. The number of hydrogen-bond acceptors (Lipinski definition) is 3. The highest BCUT2D eigenvalue weighted by Crippen LogP contribution is 2.64. The van der Waals surface area contributed by atoms with Gasteiger partial charge in [0.1, 0.15) is 0 Å². The molecule has 0 aromatic heterocycles. The van der Waals surface area contributed by atoms with Crippen molar-refractivity contribution in [1.82, 2.24) is 0 Å². The molecule has 1 saturated heterocycles. The Morgan fingerprint density at radius 2 is 1.24 bits per heavy atom. The second kappa shape index (κ2) is 4.43. The summed E-state index contributed by atoms with van der Waals surface area (Å²) in [6, 6.07) is 8.39. The Labute approximate surface area is 124 Å². The maximum absolute atomic E-state index is 12.2. The van der Waals surface area contributed by atoms with Gasteiger partial charge in [-0.05, 0) is 23.0 Å². The van der Waals surface area contributed by atoms with E-state index >= 15 is 0 Å². The largest absolute Gasteiger partial charge is 0.393 e. The van der Waals surface area contributed by atoms with Gasteiger partial charge in [-0.15, -0.1) is 0 Å². The van der Waals surface area contributed by atoms with Crippen molar-refractivity contribution < 1.29 is 14.3 Å². The third-order valence-electron chi connectivity index (χ3n) is 6.04. The molecule has 2 fully saturated rings. The number of rotatable bonds is 2. The molecule has 21 heavy (non-hydrogen) atoms. The van der Waals surface area contributed by atoms with E-state index in [2.05, 4.69) is 26.0 Å². The Bertz CT molecular complexity index is 568. The Kier molecular flexibility index (Phi) is 2.75. The van der Waals surface area contributed by atoms with Gasteiger partial charge in [0, 0.05) is 11.8 Å². The van der Waals surface area contributed by atoms with Crippen molar-refractivity contribution >= 4 is 11.9 Å². The summed E-state index contributed by atoms with van der Waals surface area (Å²) < 4.78 is 5.03. The monoisotopic (exact) mass is 284 g/mol. The van der Waals surface area contributed by atoms with Gasteiger partial charge >= 0.3 is 11.9 Å². The van der Waals surface area contributed by atoms with Crippen LogP contribution in [0.15, 0.2) is 24.3 Å². The smallest absolute Gasteiger partial charge is 0.318 e. The van der Waals surface area contributed by atoms with Crippen LogP contribution in [0.25, 0.3) is 0 Å². The fourth-order valence-corrected chi connectivity index (χ4v) is 5.41. The summed E-state index contributed by atoms with van der Waals surface area (Å²) in [4.78, 5) is 24.5. The summed E-state index contributed by atoms with van der Waals surface area (Å²) in [6.45, 7) is 4.40. The number of esters is 2. The molecule has 0 spiro atoms.